The lowest BCUT2D eigenvalue weighted by atomic mass is 9.94. The van der Waals surface area contributed by atoms with Gasteiger partial charge >= 0.3 is 5.97 Å². The predicted molar refractivity (Wildman–Crippen MR) is 158 cm³/mol. The second kappa shape index (κ2) is 14.4. The minimum Gasteiger partial charge on any atom is -0.494 e. The maximum atomic E-state index is 10.8. The largest absolute Gasteiger partial charge is 0.494 e. The summed E-state index contributed by atoms with van der Waals surface area (Å²) < 4.78 is 12.1. The van der Waals surface area contributed by atoms with E-state index < -0.39 is 5.97 Å². The molecule has 0 atom stereocenters. The summed E-state index contributed by atoms with van der Waals surface area (Å²) in [6.07, 6.45) is 2.47. The summed E-state index contributed by atoms with van der Waals surface area (Å²) in [5.74, 6) is 0.873. The Morgan fingerprint density at radius 2 is 1.51 bits per heavy atom. The van der Waals surface area contributed by atoms with Crippen LogP contribution >= 0.6 is 12.4 Å². The normalized spacial score (nSPS) is 10.5. The highest BCUT2D eigenvalue weighted by Gasteiger charge is 2.10. The summed E-state index contributed by atoms with van der Waals surface area (Å²) >= 11 is 0. The molecule has 4 rings (SSSR count). The first-order valence-corrected chi connectivity index (χ1v) is 13.1. The van der Waals surface area contributed by atoms with E-state index in [1.54, 1.807) is 0 Å². The number of pyridine rings is 1. The Morgan fingerprint density at radius 1 is 0.795 bits per heavy atom. The molecule has 0 aliphatic carbocycles. The molecule has 5 nitrogen and oxygen atoms in total. The van der Waals surface area contributed by atoms with Gasteiger partial charge in [0.1, 0.15) is 18.1 Å². The number of halogens is 1. The second-order valence-electron chi connectivity index (χ2n) is 9.68. The van der Waals surface area contributed by atoms with Crippen LogP contribution in [0.4, 0.5) is 0 Å². The number of hydrogen-bond donors (Lipinski definition) is 1. The molecule has 0 aliphatic rings. The van der Waals surface area contributed by atoms with Crippen LogP contribution in [-0.4, -0.2) is 22.7 Å². The van der Waals surface area contributed by atoms with Crippen LogP contribution in [0.3, 0.4) is 0 Å². The molecule has 3 aromatic carbocycles. The summed E-state index contributed by atoms with van der Waals surface area (Å²) in [4.78, 5) is 15.3. The van der Waals surface area contributed by atoms with Gasteiger partial charge in [-0.2, -0.15) is 0 Å². The molecule has 0 fully saturated rings. The van der Waals surface area contributed by atoms with E-state index in [9.17, 15) is 4.79 Å². The molecule has 0 unspecified atom stereocenters. The van der Waals surface area contributed by atoms with E-state index in [1.165, 1.54) is 16.7 Å². The van der Waals surface area contributed by atoms with E-state index in [-0.39, 0.29) is 18.8 Å². The number of benzene rings is 3. The van der Waals surface area contributed by atoms with Crippen molar-refractivity contribution in [3.8, 4) is 22.6 Å². The minimum absolute atomic E-state index is 0. The van der Waals surface area contributed by atoms with Crippen LogP contribution in [0.5, 0.6) is 11.5 Å². The first-order chi connectivity index (χ1) is 18.4. The second-order valence-corrected chi connectivity index (χ2v) is 9.68. The van der Waals surface area contributed by atoms with Crippen LogP contribution in [0.15, 0.2) is 78.9 Å². The Morgan fingerprint density at radius 3 is 2.21 bits per heavy atom. The number of ether oxygens (including phenoxy) is 2. The van der Waals surface area contributed by atoms with Crippen molar-refractivity contribution >= 4 is 18.4 Å². The molecule has 6 heteroatoms. The third-order valence-corrected chi connectivity index (χ3v) is 6.47. The van der Waals surface area contributed by atoms with E-state index in [4.69, 9.17) is 14.6 Å². The van der Waals surface area contributed by atoms with Gasteiger partial charge < -0.3 is 14.6 Å². The van der Waals surface area contributed by atoms with Gasteiger partial charge in [0, 0.05) is 17.8 Å². The molecule has 39 heavy (non-hydrogen) atoms. The number of carboxylic acid groups (broad SMARTS) is 1. The van der Waals surface area contributed by atoms with Crippen LogP contribution in [0.1, 0.15) is 46.5 Å². The zero-order chi connectivity index (χ0) is 26.9. The van der Waals surface area contributed by atoms with Crippen molar-refractivity contribution < 1.29 is 19.4 Å². The van der Waals surface area contributed by atoms with Gasteiger partial charge in [-0.1, -0.05) is 36.4 Å². The molecule has 1 heterocycles. The third-order valence-electron chi connectivity index (χ3n) is 6.47. The van der Waals surface area contributed by atoms with Crippen molar-refractivity contribution in [1.29, 1.82) is 0 Å². The van der Waals surface area contributed by atoms with Crippen LogP contribution < -0.4 is 9.47 Å². The molecule has 0 amide bonds. The van der Waals surface area contributed by atoms with Gasteiger partial charge in [-0.3, -0.25) is 9.78 Å². The zero-order valence-corrected chi connectivity index (χ0v) is 23.6. The standard InChI is InChI=1S/C33H35NO4.ClH/c1-23-19-31(37-18-6-11-29-10-4-7-25(3)34-29)20-24(2)33(23)28-9-5-8-27(21-28)22-38-30-15-12-26(13-16-30)14-17-32(35)36;/h4-5,7-10,12-13,15-16,19-21H,6,11,14,17-18,22H2,1-3H3,(H,35,36);1H. The molecular weight excluding hydrogens is 510 g/mol. The van der Waals surface area contributed by atoms with Crippen molar-refractivity contribution in [1.82, 2.24) is 4.98 Å². The van der Waals surface area contributed by atoms with Crippen LogP contribution in [0.2, 0.25) is 0 Å². The topological polar surface area (TPSA) is 68.7 Å². The highest BCUT2D eigenvalue weighted by molar-refractivity contribution is 5.85. The van der Waals surface area contributed by atoms with E-state index in [0.717, 1.165) is 52.4 Å². The highest BCUT2D eigenvalue weighted by atomic mass is 35.5. The SMILES string of the molecule is Cc1cccc(CCCOc2cc(C)c(-c3cccc(COc4ccc(CCC(=O)O)cc4)c3)c(C)c2)n1.Cl. The van der Waals surface area contributed by atoms with Crippen LogP contribution in [0, 0.1) is 20.8 Å². The number of nitrogens with zero attached hydrogens (tertiary/aromatic N) is 1. The number of rotatable bonds is 12. The van der Waals surface area contributed by atoms with Crippen molar-refractivity contribution in [2.45, 2.75) is 53.1 Å². The molecule has 204 valence electrons. The summed E-state index contributed by atoms with van der Waals surface area (Å²) in [6, 6.07) is 26.4. The number of carboxylic acids is 1. The lowest BCUT2D eigenvalue weighted by Gasteiger charge is -2.15. The summed E-state index contributed by atoms with van der Waals surface area (Å²) in [5.41, 5.74) is 8.95. The Hall–Kier alpha value is -3.83. The van der Waals surface area contributed by atoms with Crippen LogP contribution in [0.25, 0.3) is 11.1 Å². The molecular formula is C33H36ClNO4. The summed E-state index contributed by atoms with van der Waals surface area (Å²) in [7, 11) is 0. The number of aryl methyl sites for hydroxylation is 5. The molecule has 0 saturated carbocycles. The maximum absolute atomic E-state index is 10.8. The minimum atomic E-state index is -0.787. The van der Waals surface area contributed by atoms with Gasteiger partial charge in [0.15, 0.2) is 0 Å². The van der Waals surface area contributed by atoms with E-state index in [0.29, 0.717) is 19.6 Å². The highest BCUT2D eigenvalue weighted by Crippen LogP contribution is 2.32. The number of hydrogen-bond acceptors (Lipinski definition) is 4. The number of carbonyl (C=O) groups is 1. The van der Waals surface area contributed by atoms with Crippen molar-refractivity contribution in [3.05, 3.63) is 113 Å². The fourth-order valence-electron chi connectivity index (χ4n) is 4.63. The van der Waals surface area contributed by atoms with Crippen LogP contribution in [-0.2, 0) is 24.2 Å². The molecule has 0 saturated heterocycles. The first-order valence-electron chi connectivity index (χ1n) is 13.1. The molecule has 0 spiro atoms. The average molecular weight is 546 g/mol. The molecule has 0 radical (unpaired) electrons. The first kappa shape index (κ1) is 29.7. The molecule has 0 bridgehead atoms. The fourth-order valence-corrected chi connectivity index (χ4v) is 4.63. The molecule has 1 aromatic heterocycles. The number of aliphatic carboxylic acids is 1. The fraction of sp³-hybridized carbons (Fsp3) is 0.273. The van der Waals surface area contributed by atoms with Crippen molar-refractivity contribution in [2.24, 2.45) is 0 Å². The van der Waals surface area contributed by atoms with Gasteiger partial charge in [-0.05, 0) is 116 Å². The Kier molecular flexibility index (Phi) is 10.9. The van der Waals surface area contributed by atoms with Gasteiger partial charge in [-0.15, -0.1) is 12.4 Å². The predicted octanol–water partition coefficient (Wildman–Crippen LogP) is 7.70. The molecule has 1 N–H and O–H groups in total. The Balaban J connectivity index is 0.00000420. The van der Waals surface area contributed by atoms with E-state index >= 15 is 0 Å². The van der Waals surface area contributed by atoms with E-state index in [1.807, 2.05) is 37.3 Å². The summed E-state index contributed by atoms with van der Waals surface area (Å²) in [5, 5.41) is 8.85. The van der Waals surface area contributed by atoms with Crippen molar-refractivity contribution in [3.63, 3.8) is 0 Å². The lowest BCUT2D eigenvalue weighted by molar-refractivity contribution is -0.136. The van der Waals surface area contributed by atoms with Crippen molar-refractivity contribution in [2.75, 3.05) is 6.61 Å². The smallest absolute Gasteiger partial charge is 0.303 e. The Labute approximate surface area is 237 Å². The van der Waals surface area contributed by atoms with Gasteiger partial charge in [0.2, 0.25) is 0 Å². The zero-order valence-electron chi connectivity index (χ0n) is 22.8. The van der Waals surface area contributed by atoms with Gasteiger partial charge in [0.25, 0.3) is 0 Å². The third kappa shape index (κ3) is 8.86. The maximum Gasteiger partial charge on any atom is 0.303 e. The quantitative estimate of drug-likeness (QED) is 0.185. The van der Waals surface area contributed by atoms with E-state index in [2.05, 4.69) is 67.4 Å². The molecule has 4 aromatic rings. The lowest BCUT2D eigenvalue weighted by Crippen LogP contribution is -2.02. The van der Waals surface area contributed by atoms with Gasteiger partial charge in [-0.25, -0.2) is 0 Å². The summed E-state index contributed by atoms with van der Waals surface area (Å²) in [6.45, 7) is 7.38. The monoisotopic (exact) mass is 545 g/mol. The van der Waals surface area contributed by atoms with Gasteiger partial charge in [0.05, 0.1) is 6.61 Å². The molecule has 0 aliphatic heterocycles. The average Bonchev–Trinajstić information content (AvgIpc) is 2.89. The Bertz CT molecular complexity index is 1360. The number of aromatic nitrogens is 1.